The molecule has 1 fully saturated rings. The molecule has 1 saturated heterocycles. The van der Waals surface area contributed by atoms with Crippen LogP contribution in [-0.2, 0) is 10.0 Å². The monoisotopic (exact) mass is 298 g/mol. The summed E-state index contributed by atoms with van der Waals surface area (Å²) in [7, 11) is -3.53. The van der Waals surface area contributed by atoms with Crippen molar-refractivity contribution in [1.82, 2.24) is 4.31 Å². The Bertz CT molecular complexity index is 583. The van der Waals surface area contributed by atoms with E-state index in [0.29, 0.717) is 19.5 Å². The number of benzene rings is 1. The van der Waals surface area contributed by atoms with E-state index in [0.717, 1.165) is 6.42 Å². The SMILES string of the molecule is NC(=O)c1ccc(S(=O)(=O)N2CCC(CCO)C2)cc1. The fraction of sp³-hybridized carbons (Fsp3) is 0.462. The molecule has 0 aliphatic carbocycles. The maximum atomic E-state index is 12.4. The molecule has 20 heavy (non-hydrogen) atoms. The van der Waals surface area contributed by atoms with Gasteiger partial charge in [0.15, 0.2) is 0 Å². The number of primary amides is 1. The van der Waals surface area contributed by atoms with E-state index < -0.39 is 15.9 Å². The van der Waals surface area contributed by atoms with E-state index in [2.05, 4.69) is 0 Å². The second-order valence-electron chi connectivity index (χ2n) is 4.92. The molecule has 3 N–H and O–H groups in total. The van der Waals surface area contributed by atoms with Crippen molar-refractivity contribution in [2.75, 3.05) is 19.7 Å². The second-order valence-corrected chi connectivity index (χ2v) is 6.86. The van der Waals surface area contributed by atoms with Gasteiger partial charge in [-0.05, 0) is 43.0 Å². The van der Waals surface area contributed by atoms with E-state index in [-0.39, 0.29) is 23.0 Å². The summed E-state index contributed by atoms with van der Waals surface area (Å²) < 4.78 is 26.2. The standard InChI is InChI=1S/C13H18N2O4S/c14-13(17)11-1-3-12(4-2-11)20(18,19)15-7-5-10(9-15)6-8-16/h1-4,10,16H,5-9H2,(H2,14,17). The fourth-order valence-corrected chi connectivity index (χ4v) is 3.90. The Balaban J connectivity index is 2.16. The summed E-state index contributed by atoms with van der Waals surface area (Å²) >= 11 is 0. The van der Waals surface area contributed by atoms with Crippen molar-refractivity contribution >= 4 is 15.9 Å². The number of sulfonamides is 1. The molecule has 7 heteroatoms. The van der Waals surface area contributed by atoms with Gasteiger partial charge in [0, 0.05) is 25.3 Å². The van der Waals surface area contributed by atoms with Gasteiger partial charge in [0.05, 0.1) is 4.90 Å². The Morgan fingerprint density at radius 1 is 1.35 bits per heavy atom. The van der Waals surface area contributed by atoms with Gasteiger partial charge in [-0.15, -0.1) is 0 Å². The zero-order valence-electron chi connectivity index (χ0n) is 11.0. The third-order valence-corrected chi connectivity index (χ3v) is 5.44. The number of aliphatic hydroxyl groups is 1. The molecule has 1 aromatic rings. The van der Waals surface area contributed by atoms with Gasteiger partial charge in [0.25, 0.3) is 0 Å². The smallest absolute Gasteiger partial charge is 0.248 e. The summed E-state index contributed by atoms with van der Waals surface area (Å²) in [5.74, 6) is -0.377. The first-order valence-electron chi connectivity index (χ1n) is 6.46. The molecule has 1 aromatic carbocycles. The Labute approximate surface area is 118 Å². The van der Waals surface area contributed by atoms with Crippen LogP contribution < -0.4 is 5.73 Å². The highest BCUT2D eigenvalue weighted by Gasteiger charge is 2.32. The van der Waals surface area contributed by atoms with Gasteiger partial charge in [-0.1, -0.05) is 0 Å². The molecule has 2 rings (SSSR count). The van der Waals surface area contributed by atoms with Crippen molar-refractivity contribution in [2.45, 2.75) is 17.7 Å². The number of nitrogens with zero attached hydrogens (tertiary/aromatic N) is 1. The lowest BCUT2D eigenvalue weighted by Crippen LogP contribution is -2.29. The first kappa shape index (κ1) is 15.0. The second kappa shape index (κ2) is 5.90. The normalized spacial score (nSPS) is 20.1. The molecule has 1 heterocycles. The summed E-state index contributed by atoms with van der Waals surface area (Å²) in [5.41, 5.74) is 5.41. The molecule has 110 valence electrons. The van der Waals surface area contributed by atoms with Crippen LogP contribution >= 0.6 is 0 Å². The Morgan fingerprint density at radius 2 is 2.00 bits per heavy atom. The number of hydrogen-bond acceptors (Lipinski definition) is 4. The molecule has 6 nitrogen and oxygen atoms in total. The van der Waals surface area contributed by atoms with Gasteiger partial charge in [0.1, 0.15) is 0 Å². The van der Waals surface area contributed by atoms with Crippen molar-refractivity contribution in [3.63, 3.8) is 0 Å². The number of hydrogen-bond donors (Lipinski definition) is 2. The van der Waals surface area contributed by atoms with Crippen molar-refractivity contribution in [3.8, 4) is 0 Å². The molecular formula is C13H18N2O4S. The number of amides is 1. The summed E-state index contributed by atoms with van der Waals surface area (Å²) in [4.78, 5) is 11.1. The van der Waals surface area contributed by atoms with Gasteiger partial charge >= 0.3 is 0 Å². The number of nitrogens with two attached hydrogens (primary N) is 1. The number of aliphatic hydroxyl groups excluding tert-OH is 1. The quantitative estimate of drug-likeness (QED) is 0.809. The molecule has 0 aromatic heterocycles. The van der Waals surface area contributed by atoms with Crippen LogP contribution in [0.3, 0.4) is 0 Å². The van der Waals surface area contributed by atoms with Gasteiger partial charge in [-0.3, -0.25) is 4.79 Å². The Morgan fingerprint density at radius 3 is 2.55 bits per heavy atom. The Kier molecular flexibility index (Phi) is 4.42. The van der Waals surface area contributed by atoms with E-state index in [1.165, 1.54) is 28.6 Å². The van der Waals surface area contributed by atoms with Crippen LogP contribution in [0.4, 0.5) is 0 Å². The van der Waals surface area contributed by atoms with Crippen LogP contribution in [0.15, 0.2) is 29.2 Å². The number of carbonyl (C=O) groups is 1. The zero-order valence-corrected chi connectivity index (χ0v) is 11.8. The lowest BCUT2D eigenvalue weighted by molar-refractivity contribution is 0.1000. The molecule has 0 bridgehead atoms. The highest BCUT2D eigenvalue weighted by Crippen LogP contribution is 2.26. The van der Waals surface area contributed by atoms with E-state index in [1.54, 1.807) is 0 Å². The zero-order chi connectivity index (χ0) is 14.8. The van der Waals surface area contributed by atoms with Crippen LogP contribution in [-0.4, -0.2) is 43.4 Å². The highest BCUT2D eigenvalue weighted by atomic mass is 32.2. The van der Waals surface area contributed by atoms with E-state index in [1.807, 2.05) is 0 Å². The maximum absolute atomic E-state index is 12.4. The maximum Gasteiger partial charge on any atom is 0.248 e. The van der Waals surface area contributed by atoms with E-state index >= 15 is 0 Å². The van der Waals surface area contributed by atoms with Crippen LogP contribution in [0.25, 0.3) is 0 Å². The first-order valence-corrected chi connectivity index (χ1v) is 7.90. The van der Waals surface area contributed by atoms with Crippen LogP contribution in [0.2, 0.25) is 0 Å². The van der Waals surface area contributed by atoms with Crippen molar-refractivity contribution in [2.24, 2.45) is 11.7 Å². The molecular weight excluding hydrogens is 280 g/mol. The van der Waals surface area contributed by atoms with Crippen LogP contribution in [0, 0.1) is 5.92 Å². The van der Waals surface area contributed by atoms with E-state index in [4.69, 9.17) is 10.8 Å². The lowest BCUT2D eigenvalue weighted by atomic mass is 10.1. The topological polar surface area (TPSA) is 101 Å². The van der Waals surface area contributed by atoms with Gasteiger partial charge in [-0.25, -0.2) is 8.42 Å². The third-order valence-electron chi connectivity index (χ3n) is 3.56. The van der Waals surface area contributed by atoms with Gasteiger partial charge < -0.3 is 10.8 Å². The van der Waals surface area contributed by atoms with Crippen molar-refractivity contribution in [1.29, 1.82) is 0 Å². The summed E-state index contributed by atoms with van der Waals surface area (Å²) in [5, 5.41) is 8.90. The van der Waals surface area contributed by atoms with Crippen LogP contribution in [0.1, 0.15) is 23.2 Å². The average Bonchev–Trinajstić information content (AvgIpc) is 2.88. The Hall–Kier alpha value is -1.44. The minimum absolute atomic E-state index is 0.0753. The molecule has 0 spiro atoms. The molecule has 1 unspecified atom stereocenters. The minimum Gasteiger partial charge on any atom is -0.396 e. The van der Waals surface area contributed by atoms with Crippen molar-refractivity contribution in [3.05, 3.63) is 29.8 Å². The minimum atomic E-state index is -3.53. The summed E-state index contributed by atoms with van der Waals surface area (Å²) in [6.45, 7) is 0.969. The molecule has 1 aliphatic heterocycles. The van der Waals surface area contributed by atoms with Gasteiger partial charge in [0.2, 0.25) is 15.9 Å². The molecule has 1 aliphatic rings. The fourth-order valence-electron chi connectivity index (χ4n) is 2.37. The van der Waals surface area contributed by atoms with Crippen molar-refractivity contribution < 1.29 is 18.3 Å². The molecule has 0 saturated carbocycles. The lowest BCUT2D eigenvalue weighted by Gasteiger charge is -2.16. The predicted molar refractivity (Wildman–Crippen MR) is 73.5 cm³/mol. The summed E-state index contributed by atoms with van der Waals surface area (Å²) in [6.07, 6.45) is 1.38. The van der Waals surface area contributed by atoms with Gasteiger partial charge in [-0.2, -0.15) is 4.31 Å². The van der Waals surface area contributed by atoms with Crippen LogP contribution in [0.5, 0.6) is 0 Å². The largest absolute Gasteiger partial charge is 0.396 e. The highest BCUT2D eigenvalue weighted by molar-refractivity contribution is 7.89. The molecule has 0 radical (unpaired) electrons. The first-order chi connectivity index (χ1) is 9.45. The third kappa shape index (κ3) is 3.00. The number of rotatable bonds is 5. The van der Waals surface area contributed by atoms with E-state index in [9.17, 15) is 13.2 Å². The molecule has 1 atom stereocenters. The predicted octanol–water partition coefficient (Wildman–Crippen LogP) is 0.178. The number of carbonyl (C=O) groups excluding carboxylic acids is 1. The average molecular weight is 298 g/mol. The molecule has 1 amide bonds. The summed E-state index contributed by atoms with van der Waals surface area (Å²) in [6, 6.07) is 5.62.